The summed E-state index contributed by atoms with van der Waals surface area (Å²) in [6, 6.07) is 8.03. The molecule has 1 atom stereocenters. The molecule has 0 saturated heterocycles. The Morgan fingerprint density at radius 3 is 2.59 bits per heavy atom. The summed E-state index contributed by atoms with van der Waals surface area (Å²) in [5.41, 5.74) is -2.12. The van der Waals surface area contributed by atoms with Crippen LogP contribution in [-0.2, 0) is 15.6 Å². The number of hydrogen-bond donors (Lipinski definition) is 2. The zero-order valence-corrected chi connectivity index (χ0v) is 12.4. The smallest absolute Gasteiger partial charge is 0.289 e. The van der Waals surface area contributed by atoms with Gasteiger partial charge in [0.25, 0.3) is 5.69 Å². The minimum Gasteiger partial charge on any atom is -0.466 e. The number of nitrogens with one attached hydrogen (secondary N) is 1. The molecule has 0 aliphatic heterocycles. The summed E-state index contributed by atoms with van der Waals surface area (Å²) in [5.74, 6) is 0.178. The number of aliphatic hydroxyl groups is 1. The van der Waals surface area contributed by atoms with Crippen molar-refractivity contribution in [2.24, 2.45) is 0 Å². The second kappa shape index (κ2) is 5.87. The second-order valence-electron chi connectivity index (χ2n) is 4.80. The van der Waals surface area contributed by atoms with Crippen LogP contribution >= 0.6 is 0 Å². The molecule has 118 valence electrons. The van der Waals surface area contributed by atoms with E-state index < -0.39 is 37.7 Å². The number of rotatable bonds is 6. The van der Waals surface area contributed by atoms with Crippen molar-refractivity contribution in [1.29, 1.82) is 0 Å². The molecule has 0 radical (unpaired) electrons. The van der Waals surface area contributed by atoms with E-state index in [4.69, 9.17) is 4.42 Å². The Morgan fingerprint density at radius 2 is 2.00 bits per heavy atom. The number of benzene rings is 1. The number of nitro benzene ring substituents is 1. The van der Waals surface area contributed by atoms with Crippen molar-refractivity contribution in [3.63, 3.8) is 0 Å². The minimum absolute atomic E-state index is 0.178. The van der Waals surface area contributed by atoms with E-state index in [0.717, 1.165) is 12.1 Å². The molecule has 1 aromatic heterocycles. The first-order valence-electron chi connectivity index (χ1n) is 6.23. The predicted octanol–water partition coefficient (Wildman–Crippen LogP) is 1.37. The molecular weight excluding hydrogens is 312 g/mol. The van der Waals surface area contributed by atoms with Crippen LogP contribution in [0.4, 0.5) is 5.69 Å². The summed E-state index contributed by atoms with van der Waals surface area (Å²) < 4.78 is 31.6. The third-order valence-corrected chi connectivity index (χ3v) is 4.46. The van der Waals surface area contributed by atoms with E-state index in [9.17, 15) is 23.6 Å². The lowest BCUT2D eigenvalue weighted by Crippen LogP contribution is -2.38. The normalized spacial score (nSPS) is 14.5. The molecule has 8 nitrogen and oxygen atoms in total. The molecule has 9 heteroatoms. The van der Waals surface area contributed by atoms with Crippen LogP contribution in [0, 0.1) is 10.1 Å². The van der Waals surface area contributed by atoms with Crippen LogP contribution in [-0.4, -0.2) is 25.0 Å². The number of furan rings is 1. The molecule has 0 amide bonds. The highest BCUT2D eigenvalue weighted by Gasteiger charge is 2.31. The first-order chi connectivity index (χ1) is 10.2. The van der Waals surface area contributed by atoms with Gasteiger partial charge in [-0.15, -0.1) is 0 Å². The molecule has 2 aromatic rings. The third-order valence-electron chi connectivity index (χ3n) is 3.01. The number of nitrogens with zero attached hydrogens (tertiary/aromatic N) is 1. The van der Waals surface area contributed by atoms with Crippen LogP contribution in [0.15, 0.2) is 52.0 Å². The van der Waals surface area contributed by atoms with Gasteiger partial charge in [-0.05, 0) is 25.1 Å². The van der Waals surface area contributed by atoms with Crippen LogP contribution in [0.25, 0.3) is 0 Å². The Morgan fingerprint density at radius 1 is 1.32 bits per heavy atom. The minimum atomic E-state index is -4.15. The van der Waals surface area contributed by atoms with Crippen LogP contribution in [0.5, 0.6) is 0 Å². The molecule has 0 saturated carbocycles. The zero-order valence-electron chi connectivity index (χ0n) is 11.6. The van der Waals surface area contributed by atoms with E-state index in [0.29, 0.717) is 0 Å². The van der Waals surface area contributed by atoms with Crippen molar-refractivity contribution in [1.82, 2.24) is 4.72 Å². The molecule has 2 rings (SSSR count). The maximum Gasteiger partial charge on any atom is 0.289 e. The average Bonchev–Trinajstić information content (AvgIpc) is 3.00. The van der Waals surface area contributed by atoms with Crippen LogP contribution in [0.3, 0.4) is 0 Å². The standard InChI is InChI=1S/C13H14N2O6S/c1-13(16,12-7-4-8-21-12)9-14-22(19,20)11-6-3-2-5-10(11)15(17)18/h2-8,14,16H,9H2,1H3. The Hall–Kier alpha value is -2.23. The Balaban J connectivity index is 2.24. The SMILES string of the molecule is CC(O)(CNS(=O)(=O)c1ccccc1[N+](=O)[O-])c1ccco1. The van der Waals surface area contributed by atoms with Crippen LogP contribution < -0.4 is 4.72 Å². The number of para-hydroxylation sites is 1. The first-order valence-corrected chi connectivity index (χ1v) is 7.72. The van der Waals surface area contributed by atoms with Crippen molar-refractivity contribution in [2.45, 2.75) is 17.4 Å². The van der Waals surface area contributed by atoms with Crippen molar-refractivity contribution < 1.29 is 22.9 Å². The topological polar surface area (TPSA) is 123 Å². The van der Waals surface area contributed by atoms with Crippen LogP contribution in [0.1, 0.15) is 12.7 Å². The summed E-state index contributed by atoms with van der Waals surface area (Å²) >= 11 is 0. The lowest BCUT2D eigenvalue weighted by atomic mass is 10.1. The van der Waals surface area contributed by atoms with Gasteiger partial charge in [0.15, 0.2) is 4.90 Å². The van der Waals surface area contributed by atoms with Crippen molar-refractivity contribution >= 4 is 15.7 Å². The third kappa shape index (κ3) is 3.32. The fourth-order valence-electron chi connectivity index (χ4n) is 1.82. The summed E-state index contributed by atoms with van der Waals surface area (Å²) in [5, 5.41) is 21.1. The summed E-state index contributed by atoms with van der Waals surface area (Å²) in [4.78, 5) is 9.66. The Labute approximate surface area is 126 Å². The van der Waals surface area contributed by atoms with E-state index in [1.807, 2.05) is 0 Å². The summed E-state index contributed by atoms with van der Waals surface area (Å²) in [6.07, 6.45) is 1.35. The fourth-order valence-corrected chi connectivity index (χ4v) is 3.12. The van der Waals surface area contributed by atoms with Gasteiger partial charge in [0, 0.05) is 12.6 Å². The predicted molar refractivity (Wildman–Crippen MR) is 76.6 cm³/mol. The Bertz CT molecular complexity index is 768. The van der Waals surface area contributed by atoms with Gasteiger partial charge in [0.05, 0.1) is 11.2 Å². The van der Waals surface area contributed by atoms with Gasteiger partial charge in [0.2, 0.25) is 10.0 Å². The van der Waals surface area contributed by atoms with Gasteiger partial charge in [0.1, 0.15) is 11.4 Å². The number of sulfonamides is 1. The van der Waals surface area contributed by atoms with Gasteiger partial charge >= 0.3 is 0 Å². The molecule has 0 aliphatic carbocycles. The highest BCUT2D eigenvalue weighted by molar-refractivity contribution is 7.89. The zero-order chi connectivity index (χ0) is 16.4. The molecule has 1 aromatic carbocycles. The Kier molecular flexibility index (Phi) is 4.31. The number of nitro groups is 1. The van der Waals surface area contributed by atoms with Gasteiger partial charge in [-0.25, -0.2) is 13.1 Å². The molecule has 1 heterocycles. The molecule has 22 heavy (non-hydrogen) atoms. The van der Waals surface area contributed by atoms with E-state index in [2.05, 4.69) is 4.72 Å². The molecular formula is C13H14N2O6S. The molecule has 2 N–H and O–H groups in total. The monoisotopic (exact) mass is 326 g/mol. The molecule has 0 fully saturated rings. The molecule has 0 bridgehead atoms. The maximum atomic E-state index is 12.2. The van der Waals surface area contributed by atoms with E-state index in [1.165, 1.54) is 31.4 Å². The van der Waals surface area contributed by atoms with Gasteiger partial charge in [-0.2, -0.15) is 0 Å². The van der Waals surface area contributed by atoms with E-state index >= 15 is 0 Å². The molecule has 0 spiro atoms. The van der Waals surface area contributed by atoms with Gasteiger partial charge in [-0.1, -0.05) is 12.1 Å². The van der Waals surface area contributed by atoms with E-state index in [1.54, 1.807) is 6.07 Å². The molecule has 0 aliphatic rings. The maximum absolute atomic E-state index is 12.2. The number of hydrogen-bond acceptors (Lipinski definition) is 6. The van der Waals surface area contributed by atoms with Gasteiger partial charge in [-0.3, -0.25) is 10.1 Å². The van der Waals surface area contributed by atoms with Crippen molar-refractivity contribution in [3.05, 3.63) is 58.5 Å². The largest absolute Gasteiger partial charge is 0.466 e. The van der Waals surface area contributed by atoms with E-state index in [-0.39, 0.29) is 5.76 Å². The fraction of sp³-hybridized carbons (Fsp3) is 0.231. The van der Waals surface area contributed by atoms with Gasteiger partial charge < -0.3 is 9.52 Å². The first kappa shape index (κ1) is 16.1. The second-order valence-corrected chi connectivity index (χ2v) is 6.54. The van der Waals surface area contributed by atoms with Crippen LogP contribution in [0.2, 0.25) is 0 Å². The quantitative estimate of drug-likeness (QED) is 0.610. The van der Waals surface area contributed by atoms with Crippen molar-refractivity contribution in [2.75, 3.05) is 6.54 Å². The lowest BCUT2D eigenvalue weighted by molar-refractivity contribution is -0.387. The highest BCUT2D eigenvalue weighted by Crippen LogP contribution is 2.24. The highest BCUT2D eigenvalue weighted by atomic mass is 32.2. The lowest BCUT2D eigenvalue weighted by Gasteiger charge is -2.21. The molecule has 1 unspecified atom stereocenters. The summed E-state index contributed by atoms with van der Waals surface area (Å²) in [7, 11) is -4.15. The average molecular weight is 326 g/mol. The summed E-state index contributed by atoms with van der Waals surface area (Å²) in [6.45, 7) is 0.975. The van der Waals surface area contributed by atoms with Crippen molar-refractivity contribution in [3.8, 4) is 0 Å².